The summed E-state index contributed by atoms with van der Waals surface area (Å²) in [4.78, 5) is 0. The maximum absolute atomic E-state index is 12.5. The average molecular weight is 309 g/mol. The number of benzene rings is 1. The van der Waals surface area contributed by atoms with Crippen LogP contribution in [-0.4, -0.2) is 32.9 Å². The van der Waals surface area contributed by atoms with Gasteiger partial charge >= 0.3 is 10.2 Å². The van der Waals surface area contributed by atoms with Gasteiger partial charge in [0, 0.05) is 13.1 Å². The van der Waals surface area contributed by atoms with E-state index in [9.17, 15) is 8.42 Å². The lowest BCUT2D eigenvalue weighted by molar-refractivity contribution is 0.282. The molecule has 1 heterocycles. The van der Waals surface area contributed by atoms with Crippen molar-refractivity contribution in [3.63, 3.8) is 0 Å². The summed E-state index contributed by atoms with van der Waals surface area (Å²) in [5.41, 5.74) is 0.434. The predicted molar refractivity (Wildman–Crippen MR) is 80.2 cm³/mol. The summed E-state index contributed by atoms with van der Waals surface area (Å²) in [5, 5.41) is 9.13. The zero-order valence-corrected chi connectivity index (χ0v) is 13.0. The molecule has 1 aromatic rings. The Balaban J connectivity index is 2.30. The average Bonchev–Trinajstić information content (AvgIpc) is 2.47. The maximum atomic E-state index is 12.5. The number of piperidine rings is 1. The number of ether oxygens (including phenoxy) is 1. The van der Waals surface area contributed by atoms with Crippen molar-refractivity contribution in [2.45, 2.75) is 19.8 Å². The Kier molecular flexibility index (Phi) is 4.70. The second kappa shape index (κ2) is 6.33. The fourth-order valence-corrected chi connectivity index (χ4v) is 3.88. The second-order valence-corrected chi connectivity index (χ2v) is 6.88. The minimum atomic E-state index is -3.68. The fraction of sp³-hybridized carbons (Fsp3) is 0.500. The number of anilines is 1. The van der Waals surface area contributed by atoms with E-state index in [-0.39, 0.29) is 11.3 Å². The van der Waals surface area contributed by atoms with E-state index in [1.54, 1.807) is 18.2 Å². The topological polar surface area (TPSA) is 82.4 Å². The van der Waals surface area contributed by atoms with Crippen molar-refractivity contribution in [3.8, 4) is 11.8 Å². The largest absolute Gasteiger partial charge is 0.495 e. The minimum absolute atomic E-state index is 0.195. The Bertz CT molecular complexity index is 652. The lowest BCUT2D eigenvalue weighted by Gasteiger charge is -2.30. The third kappa shape index (κ3) is 3.46. The standard InChI is InChI=1S/C14H19N3O3S/c1-11-5-4-8-17(10-11)21(18,19)16-14-12(9-15)6-3-7-13(14)20-2/h3,6-7,11,16H,4-5,8,10H2,1-2H3. The number of methoxy groups -OCH3 is 1. The smallest absolute Gasteiger partial charge is 0.301 e. The van der Waals surface area contributed by atoms with Gasteiger partial charge in [-0.1, -0.05) is 13.0 Å². The Labute approximate surface area is 125 Å². The van der Waals surface area contributed by atoms with E-state index < -0.39 is 10.2 Å². The molecule has 1 fully saturated rings. The van der Waals surface area contributed by atoms with E-state index in [0.717, 1.165) is 12.8 Å². The van der Waals surface area contributed by atoms with Crippen LogP contribution in [0.1, 0.15) is 25.3 Å². The summed E-state index contributed by atoms with van der Waals surface area (Å²) < 4.78 is 34.0. The Morgan fingerprint density at radius 1 is 1.48 bits per heavy atom. The highest BCUT2D eigenvalue weighted by atomic mass is 32.2. The number of nitrogens with one attached hydrogen (secondary N) is 1. The summed E-state index contributed by atoms with van der Waals surface area (Å²) in [6.07, 6.45) is 1.88. The van der Waals surface area contributed by atoms with Gasteiger partial charge in [0.1, 0.15) is 17.5 Å². The highest BCUT2D eigenvalue weighted by Gasteiger charge is 2.28. The van der Waals surface area contributed by atoms with Crippen molar-refractivity contribution in [2.24, 2.45) is 5.92 Å². The molecule has 7 heteroatoms. The third-order valence-electron chi connectivity index (χ3n) is 3.56. The van der Waals surface area contributed by atoms with E-state index >= 15 is 0 Å². The molecule has 0 aliphatic carbocycles. The molecule has 21 heavy (non-hydrogen) atoms. The summed E-state index contributed by atoms with van der Waals surface area (Å²) in [7, 11) is -2.24. The quantitative estimate of drug-likeness (QED) is 0.921. The molecule has 0 spiro atoms. The van der Waals surface area contributed by atoms with E-state index in [1.165, 1.54) is 11.4 Å². The van der Waals surface area contributed by atoms with Crippen LogP contribution in [0.2, 0.25) is 0 Å². The van der Waals surface area contributed by atoms with Crippen molar-refractivity contribution in [2.75, 3.05) is 24.9 Å². The van der Waals surface area contributed by atoms with E-state index in [4.69, 9.17) is 10.00 Å². The SMILES string of the molecule is COc1cccc(C#N)c1NS(=O)(=O)N1CCCC(C)C1. The van der Waals surface area contributed by atoms with Crippen LogP contribution >= 0.6 is 0 Å². The fourth-order valence-electron chi connectivity index (χ4n) is 2.46. The molecule has 2 rings (SSSR count). The van der Waals surface area contributed by atoms with Crippen LogP contribution in [0.5, 0.6) is 5.75 Å². The predicted octanol–water partition coefficient (Wildman–Crippen LogP) is 1.96. The zero-order chi connectivity index (χ0) is 15.5. The molecule has 1 unspecified atom stereocenters. The first-order chi connectivity index (χ1) is 9.97. The molecule has 1 saturated heterocycles. The molecule has 1 N–H and O–H groups in total. The lowest BCUT2D eigenvalue weighted by atomic mass is 10.0. The van der Waals surface area contributed by atoms with E-state index in [0.29, 0.717) is 24.8 Å². The molecule has 0 aromatic heterocycles. The van der Waals surface area contributed by atoms with Gasteiger partial charge in [-0.2, -0.15) is 18.0 Å². The first kappa shape index (κ1) is 15.6. The van der Waals surface area contributed by atoms with Gasteiger partial charge in [0.15, 0.2) is 0 Å². The normalized spacial score (nSPS) is 19.8. The molecular formula is C14H19N3O3S. The summed E-state index contributed by atoms with van der Waals surface area (Å²) in [6.45, 7) is 3.02. The summed E-state index contributed by atoms with van der Waals surface area (Å²) in [5.74, 6) is 0.672. The van der Waals surface area contributed by atoms with Gasteiger partial charge in [0.2, 0.25) is 0 Å². The van der Waals surface area contributed by atoms with E-state index in [2.05, 4.69) is 4.72 Å². The summed E-state index contributed by atoms with van der Waals surface area (Å²) >= 11 is 0. The summed E-state index contributed by atoms with van der Waals surface area (Å²) in [6, 6.07) is 6.81. The molecule has 1 aliphatic heterocycles. The third-order valence-corrected chi connectivity index (χ3v) is 5.03. The van der Waals surface area contributed by atoms with Crippen molar-refractivity contribution in [1.29, 1.82) is 5.26 Å². The first-order valence-corrected chi connectivity index (χ1v) is 8.27. The molecule has 1 atom stereocenters. The molecule has 0 radical (unpaired) electrons. The molecule has 1 aromatic carbocycles. The molecule has 6 nitrogen and oxygen atoms in total. The molecule has 0 saturated carbocycles. The number of hydrogen-bond donors (Lipinski definition) is 1. The van der Waals surface area contributed by atoms with Crippen molar-refractivity contribution < 1.29 is 13.2 Å². The van der Waals surface area contributed by atoms with Crippen molar-refractivity contribution >= 4 is 15.9 Å². The minimum Gasteiger partial charge on any atom is -0.495 e. The Hall–Kier alpha value is -1.78. The molecule has 0 amide bonds. The van der Waals surface area contributed by atoms with Crippen LogP contribution in [0.15, 0.2) is 18.2 Å². The van der Waals surface area contributed by atoms with E-state index in [1.807, 2.05) is 13.0 Å². The van der Waals surface area contributed by atoms with Crippen LogP contribution in [0.3, 0.4) is 0 Å². The number of rotatable bonds is 4. The van der Waals surface area contributed by atoms with Gasteiger partial charge in [-0.15, -0.1) is 0 Å². The molecular weight excluding hydrogens is 290 g/mol. The van der Waals surface area contributed by atoms with Gasteiger partial charge in [-0.05, 0) is 30.9 Å². The van der Waals surface area contributed by atoms with Gasteiger partial charge in [0.05, 0.1) is 12.7 Å². The highest BCUT2D eigenvalue weighted by molar-refractivity contribution is 7.90. The second-order valence-electron chi connectivity index (χ2n) is 5.21. The number of nitriles is 1. The van der Waals surface area contributed by atoms with Gasteiger partial charge in [-0.25, -0.2) is 0 Å². The Morgan fingerprint density at radius 3 is 2.86 bits per heavy atom. The van der Waals surface area contributed by atoms with Crippen LogP contribution in [0, 0.1) is 17.2 Å². The maximum Gasteiger partial charge on any atom is 0.301 e. The number of nitrogens with zero attached hydrogens (tertiary/aromatic N) is 2. The van der Waals surface area contributed by atoms with Crippen molar-refractivity contribution in [1.82, 2.24) is 4.31 Å². The number of para-hydroxylation sites is 1. The van der Waals surface area contributed by atoms with Crippen LogP contribution in [0.25, 0.3) is 0 Å². The Morgan fingerprint density at radius 2 is 2.24 bits per heavy atom. The van der Waals surface area contributed by atoms with Crippen molar-refractivity contribution in [3.05, 3.63) is 23.8 Å². The lowest BCUT2D eigenvalue weighted by Crippen LogP contribution is -2.42. The van der Waals surface area contributed by atoms with Crippen LogP contribution in [-0.2, 0) is 10.2 Å². The van der Waals surface area contributed by atoms with Crippen LogP contribution in [0.4, 0.5) is 5.69 Å². The molecule has 114 valence electrons. The van der Waals surface area contributed by atoms with Crippen LogP contribution < -0.4 is 9.46 Å². The highest BCUT2D eigenvalue weighted by Crippen LogP contribution is 2.30. The number of hydrogen-bond acceptors (Lipinski definition) is 4. The monoisotopic (exact) mass is 309 g/mol. The molecule has 1 aliphatic rings. The first-order valence-electron chi connectivity index (χ1n) is 6.83. The van der Waals surface area contributed by atoms with Gasteiger partial charge in [0.25, 0.3) is 0 Å². The zero-order valence-electron chi connectivity index (χ0n) is 12.2. The van der Waals surface area contributed by atoms with Gasteiger partial charge < -0.3 is 4.74 Å². The molecule has 0 bridgehead atoms. The van der Waals surface area contributed by atoms with Gasteiger partial charge in [-0.3, -0.25) is 4.72 Å².